The van der Waals surface area contributed by atoms with Crippen molar-refractivity contribution >= 4 is 36.1 Å². The van der Waals surface area contributed by atoms with Crippen LogP contribution in [0.3, 0.4) is 0 Å². The first-order valence-corrected chi connectivity index (χ1v) is 7.76. The van der Waals surface area contributed by atoms with E-state index in [1.165, 1.54) is 4.90 Å². The van der Waals surface area contributed by atoms with Crippen molar-refractivity contribution in [3.8, 4) is 5.69 Å². The van der Waals surface area contributed by atoms with Gasteiger partial charge in [0.2, 0.25) is 6.10 Å². The van der Waals surface area contributed by atoms with Gasteiger partial charge in [-0.2, -0.15) is 0 Å². The molecule has 10 nitrogen and oxygen atoms in total. The Hall–Kier alpha value is -2.98. The van der Waals surface area contributed by atoms with Gasteiger partial charge in [-0.3, -0.25) is 19.5 Å². The summed E-state index contributed by atoms with van der Waals surface area (Å²) in [7, 11) is 0. The normalized spacial score (nSPS) is 17.7. The zero-order chi connectivity index (χ0) is 18.7. The lowest BCUT2D eigenvalue weighted by atomic mass is 10.1. The first-order valence-electron chi connectivity index (χ1n) is 7.76. The number of halogens is 1. The number of hydrogen-bond acceptors (Lipinski definition) is 7. The number of nitrogens with zero attached hydrogens (tertiary/aromatic N) is 4. The van der Waals surface area contributed by atoms with Crippen molar-refractivity contribution in [1.29, 1.82) is 0 Å². The van der Waals surface area contributed by atoms with E-state index in [1.807, 2.05) is 0 Å². The van der Waals surface area contributed by atoms with Crippen molar-refractivity contribution in [3.63, 3.8) is 0 Å². The van der Waals surface area contributed by atoms with Gasteiger partial charge < -0.3 is 14.6 Å². The van der Waals surface area contributed by atoms with E-state index >= 15 is 0 Å². The van der Waals surface area contributed by atoms with Gasteiger partial charge >= 0.3 is 11.9 Å². The molecular formula is C16H17ClN4O6. The maximum Gasteiger partial charge on any atom is 0.348 e. The monoisotopic (exact) mass is 396 g/mol. The van der Waals surface area contributed by atoms with Gasteiger partial charge in [-0.1, -0.05) is 0 Å². The van der Waals surface area contributed by atoms with E-state index < -0.39 is 30.1 Å². The molecule has 0 bridgehead atoms. The lowest BCUT2D eigenvalue weighted by molar-refractivity contribution is -0.177. The minimum absolute atomic E-state index is 0. The second kappa shape index (κ2) is 8.60. The number of esters is 1. The first kappa shape index (κ1) is 20.3. The number of carbonyl (C=O) groups excluding carboxylic acids is 2. The fourth-order valence-corrected chi connectivity index (χ4v) is 2.57. The first-order chi connectivity index (χ1) is 12.5. The fourth-order valence-electron chi connectivity index (χ4n) is 2.57. The van der Waals surface area contributed by atoms with Crippen molar-refractivity contribution < 1.29 is 29.0 Å². The number of aliphatic carboxylic acids is 1. The Kier molecular flexibility index (Phi) is 6.48. The van der Waals surface area contributed by atoms with Crippen LogP contribution in [0.15, 0.2) is 36.8 Å². The second-order valence-corrected chi connectivity index (χ2v) is 5.47. The van der Waals surface area contributed by atoms with Crippen LogP contribution >= 0.6 is 12.4 Å². The quantitative estimate of drug-likeness (QED) is 0.722. The number of anilines is 1. The summed E-state index contributed by atoms with van der Waals surface area (Å²) in [4.78, 5) is 40.4. The number of carboxylic acid groups (broad SMARTS) is 1. The minimum atomic E-state index is -1.72. The summed E-state index contributed by atoms with van der Waals surface area (Å²) in [6.07, 6.45) is 1.75. The molecule has 2 aromatic heterocycles. The van der Waals surface area contributed by atoms with E-state index in [-0.39, 0.29) is 25.6 Å². The van der Waals surface area contributed by atoms with Gasteiger partial charge in [0.1, 0.15) is 0 Å². The Morgan fingerprint density at radius 1 is 1.33 bits per heavy atom. The third kappa shape index (κ3) is 4.41. The van der Waals surface area contributed by atoms with Gasteiger partial charge in [0.25, 0.3) is 5.91 Å². The van der Waals surface area contributed by atoms with Crippen molar-refractivity contribution in [3.05, 3.63) is 36.8 Å². The van der Waals surface area contributed by atoms with E-state index in [2.05, 4.69) is 10.1 Å². The highest BCUT2D eigenvalue weighted by Crippen LogP contribution is 2.21. The summed E-state index contributed by atoms with van der Waals surface area (Å²) in [5.41, 5.74) is 0.756. The predicted molar refractivity (Wildman–Crippen MR) is 93.9 cm³/mol. The minimum Gasteiger partial charge on any atom is -0.478 e. The molecule has 2 atom stereocenters. The lowest BCUT2D eigenvalue weighted by Gasteiger charge is -2.33. The molecule has 3 heterocycles. The van der Waals surface area contributed by atoms with Crippen LogP contribution in [0, 0.1) is 0 Å². The fraction of sp³-hybridized carbons (Fsp3) is 0.312. The number of carboxylic acids is 1. The maximum absolute atomic E-state index is 12.7. The Labute approximate surface area is 160 Å². The number of ether oxygens (including phenoxy) is 2. The number of rotatable bonds is 5. The molecule has 27 heavy (non-hydrogen) atoms. The summed E-state index contributed by atoms with van der Waals surface area (Å²) >= 11 is 0. The summed E-state index contributed by atoms with van der Waals surface area (Å²) in [5, 5.41) is 13.6. The standard InChI is InChI=1S/C16H16N4O6.ClH/c1-10(21)26-14(16(23)24)13-15(22)19(8-9-25-13)12-4-7-20(18-12)11-2-5-17-6-3-11;/h2-7,13-14H,8-9H2,1H3,(H,23,24);1H/t13-,14-;/m1./s1. The van der Waals surface area contributed by atoms with Crippen molar-refractivity contribution in [2.45, 2.75) is 19.1 Å². The molecule has 1 N–H and O–H groups in total. The summed E-state index contributed by atoms with van der Waals surface area (Å²) in [6.45, 7) is 1.36. The molecule has 1 saturated heterocycles. The summed E-state index contributed by atoms with van der Waals surface area (Å²) in [6, 6.07) is 5.13. The van der Waals surface area contributed by atoms with Crippen LogP contribution in [-0.2, 0) is 23.9 Å². The molecule has 2 aromatic rings. The highest BCUT2D eigenvalue weighted by Gasteiger charge is 2.43. The SMILES string of the molecule is CC(=O)O[C@@H](C(=O)O)[C@H]1OCCN(c2ccn(-c3ccncc3)n2)C1=O.Cl. The van der Waals surface area contributed by atoms with Crippen LogP contribution in [0.25, 0.3) is 5.69 Å². The third-order valence-corrected chi connectivity index (χ3v) is 3.71. The van der Waals surface area contributed by atoms with Gasteiger partial charge in [0, 0.05) is 31.6 Å². The zero-order valence-electron chi connectivity index (χ0n) is 14.2. The molecule has 0 saturated carbocycles. The van der Waals surface area contributed by atoms with Crippen LogP contribution in [-0.4, -0.2) is 63.1 Å². The van der Waals surface area contributed by atoms with Gasteiger partial charge in [0.05, 0.1) is 18.8 Å². The van der Waals surface area contributed by atoms with Gasteiger partial charge in [0.15, 0.2) is 11.9 Å². The van der Waals surface area contributed by atoms with E-state index in [9.17, 15) is 19.5 Å². The number of hydrogen-bond donors (Lipinski definition) is 1. The Balaban J connectivity index is 0.00000261. The highest BCUT2D eigenvalue weighted by atomic mass is 35.5. The van der Waals surface area contributed by atoms with Crippen molar-refractivity contribution in [1.82, 2.24) is 14.8 Å². The van der Waals surface area contributed by atoms with Crippen molar-refractivity contribution in [2.24, 2.45) is 0 Å². The molecule has 0 aliphatic carbocycles. The number of morpholine rings is 1. The van der Waals surface area contributed by atoms with E-state index in [0.29, 0.717) is 5.82 Å². The molecule has 3 rings (SSSR count). The molecule has 11 heteroatoms. The molecule has 1 aliphatic heterocycles. The molecule has 0 spiro atoms. The van der Waals surface area contributed by atoms with E-state index in [0.717, 1.165) is 12.6 Å². The molecule has 0 unspecified atom stereocenters. The zero-order valence-corrected chi connectivity index (χ0v) is 15.0. The topological polar surface area (TPSA) is 124 Å². The average Bonchev–Trinajstić information content (AvgIpc) is 3.10. The highest BCUT2D eigenvalue weighted by molar-refractivity contribution is 5.99. The number of pyridine rings is 1. The molecular weight excluding hydrogens is 380 g/mol. The molecule has 0 radical (unpaired) electrons. The van der Waals surface area contributed by atoms with Crippen LogP contribution < -0.4 is 4.90 Å². The van der Waals surface area contributed by atoms with E-state index in [4.69, 9.17) is 9.47 Å². The van der Waals surface area contributed by atoms with Gasteiger partial charge in [-0.15, -0.1) is 17.5 Å². The Bertz CT molecular complexity index is 827. The van der Waals surface area contributed by atoms with Crippen molar-refractivity contribution in [2.75, 3.05) is 18.1 Å². The second-order valence-electron chi connectivity index (χ2n) is 5.47. The predicted octanol–water partition coefficient (Wildman–Crippen LogP) is 0.437. The molecule has 144 valence electrons. The maximum atomic E-state index is 12.7. The molecule has 1 fully saturated rings. The van der Waals surface area contributed by atoms with Crippen LogP contribution in [0.1, 0.15) is 6.92 Å². The summed E-state index contributed by atoms with van der Waals surface area (Å²) < 4.78 is 11.6. The van der Waals surface area contributed by atoms with Gasteiger partial charge in [-0.05, 0) is 12.1 Å². The average molecular weight is 397 g/mol. The van der Waals surface area contributed by atoms with Crippen LogP contribution in [0.5, 0.6) is 0 Å². The van der Waals surface area contributed by atoms with E-state index in [1.54, 1.807) is 41.5 Å². The molecule has 0 aromatic carbocycles. The summed E-state index contributed by atoms with van der Waals surface area (Å²) in [5.74, 6) is -2.56. The third-order valence-electron chi connectivity index (χ3n) is 3.71. The molecule has 1 aliphatic rings. The van der Waals surface area contributed by atoms with Crippen LogP contribution in [0.4, 0.5) is 5.82 Å². The Morgan fingerprint density at radius 3 is 2.67 bits per heavy atom. The molecule has 1 amide bonds. The Morgan fingerprint density at radius 2 is 2.04 bits per heavy atom. The largest absolute Gasteiger partial charge is 0.478 e. The smallest absolute Gasteiger partial charge is 0.348 e. The number of aromatic nitrogens is 3. The lowest BCUT2D eigenvalue weighted by Crippen LogP contribution is -2.55. The number of amides is 1. The number of carbonyl (C=O) groups is 3. The van der Waals surface area contributed by atoms with Crippen LogP contribution in [0.2, 0.25) is 0 Å². The van der Waals surface area contributed by atoms with Gasteiger partial charge in [-0.25, -0.2) is 9.48 Å².